The molecule has 0 spiro atoms. The smallest absolute Gasteiger partial charge is 0.234 e. The normalized spacial score (nSPS) is 10.6. The second kappa shape index (κ2) is 9.94. The van der Waals surface area contributed by atoms with Gasteiger partial charge in [-0.3, -0.25) is 4.79 Å². The fourth-order valence-corrected chi connectivity index (χ4v) is 3.63. The van der Waals surface area contributed by atoms with E-state index in [2.05, 4.69) is 39.1 Å². The van der Waals surface area contributed by atoms with Gasteiger partial charge in [0.25, 0.3) is 0 Å². The van der Waals surface area contributed by atoms with E-state index in [-0.39, 0.29) is 11.7 Å². The van der Waals surface area contributed by atoms with Crippen LogP contribution in [0.25, 0.3) is 0 Å². The van der Waals surface area contributed by atoms with Gasteiger partial charge in [-0.15, -0.1) is 10.2 Å². The van der Waals surface area contributed by atoms with Crippen molar-refractivity contribution < 1.29 is 9.53 Å². The van der Waals surface area contributed by atoms with Crippen molar-refractivity contribution in [3.8, 4) is 5.75 Å². The van der Waals surface area contributed by atoms with Crippen LogP contribution in [-0.4, -0.2) is 33.5 Å². The number of ether oxygens (including phenoxy) is 1. The third kappa shape index (κ3) is 5.13. The Morgan fingerprint density at radius 1 is 1.11 bits per heavy atom. The molecule has 3 aromatic rings. The summed E-state index contributed by atoms with van der Waals surface area (Å²) < 4.78 is 7.38. The van der Waals surface area contributed by atoms with Crippen LogP contribution in [0.2, 0.25) is 0 Å². The van der Waals surface area contributed by atoms with Crippen molar-refractivity contribution in [2.45, 2.75) is 31.5 Å². The lowest BCUT2D eigenvalue weighted by atomic mass is 10.1. The molecule has 2 aromatic carbocycles. The van der Waals surface area contributed by atoms with Gasteiger partial charge in [-0.2, -0.15) is 0 Å². The van der Waals surface area contributed by atoms with Crippen LogP contribution in [0, 0.1) is 0 Å². The molecule has 1 heterocycles. The lowest BCUT2D eigenvalue weighted by Gasteiger charge is -2.10. The van der Waals surface area contributed by atoms with Crippen molar-refractivity contribution in [1.29, 1.82) is 0 Å². The number of carbonyl (C=O) groups is 1. The van der Waals surface area contributed by atoms with Crippen molar-refractivity contribution in [2.75, 3.05) is 18.2 Å². The van der Waals surface area contributed by atoms with Crippen molar-refractivity contribution >= 4 is 23.4 Å². The number of aromatic nitrogens is 3. The van der Waals surface area contributed by atoms with Crippen LogP contribution in [0.4, 0.5) is 5.69 Å². The molecule has 0 fully saturated rings. The van der Waals surface area contributed by atoms with Crippen LogP contribution in [-0.2, 0) is 17.8 Å². The number of anilines is 1. The van der Waals surface area contributed by atoms with Gasteiger partial charge in [-0.05, 0) is 24.1 Å². The molecule has 3 rings (SSSR count). The van der Waals surface area contributed by atoms with Gasteiger partial charge in [0, 0.05) is 13.0 Å². The number of nitrogens with one attached hydrogen (secondary N) is 1. The van der Waals surface area contributed by atoms with E-state index in [1.165, 1.54) is 17.3 Å². The van der Waals surface area contributed by atoms with Gasteiger partial charge in [0.15, 0.2) is 5.16 Å². The summed E-state index contributed by atoms with van der Waals surface area (Å²) in [5.74, 6) is 1.71. The van der Waals surface area contributed by atoms with Gasteiger partial charge in [-0.1, -0.05) is 61.2 Å². The van der Waals surface area contributed by atoms with Crippen LogP contribution in [0.1, 0.15) is 24.7 Å². The summed E-state index contributed by atoms with van der Waals surface area (Å²) in [5, 5.41) is 12.3. The average Bonchev–Trinajstić information content (AvgIpc) is 3.09. The number of benzene rings is 2. The number of amides is 1. The predicted molar refractivity (Wildman–Crippen MR) is 112 cm³/mol. The summed E-state index contributed by atoms with van der Waals surface area (Å²) in [6, 6.07) is 17.6. The first-order valence-corrected chi connectivity index (χ1v) is 10.2. The largest absolute Gasteiger partial charge is 0.495 e. The van der Waals surface area contributed by atoms with Gasteiger partial charge in [0.05, 0.1) is 18.6 Å². The number of hydrogen-bond acceptors (Lipinski definition) is 5. The highest BCUT2D eigenvalue weighted by molar-refractivity contribution is 7.99. The van der Waals surface area contributed by atoms with Gasteiger partial charge in [0.1, 0.15) is 11.6 Å². The first-order chi connectivity index (χ1) is 13.7. The summed E-state index contributed by atoms with van der Waals surface area (Å²) >= 11 is 1.40. The average molecular weight is 397 g/mol. The monoisotopic (exact) mass is 396 g/mol. The Morgan fingerprint density at radius 2 is 1.86 bits per heavy atom. The Morgan fingerprint density at radius 3 is 2.61 bits per heavy atom. The SMILES string of the molecule is CCCn1c(Cc2ccccc2)nnc1SCC(=O)Nc1ccccc1OC. The lowest BCUT2D eigenvalue weighted by Crippen LogP contribution is -2.15. The maximum atomic E-state index is 12.4. The van der Waals surface area contributed by atoms with Crippen LogP contribution >= 0.6 is 11.8 Å². The van der Waals surface area contributed by atoms with E-state index in [1.807, 2.05) is 42.5 Å². The van der Waals surface area contributed by atoms with Crippen molar-refractivity contribution in [3.05, 3.63) is 66.0 Å². The molecule has 0 radical (unpaired) electrons. The first kappa shape index (κ1) is 19.9. The highest BCUT2D eigenvalue weighted by Crippen LogP contribution is 2.24. The number of hydrogen-bond donors (Lipinski definition) is 1. The molecular weight excluding hydrogens is 372 g/mol. The molecule has 1 N–H and O–H groups in total. The van der Waals surface area contributed by atoms with E-state index in [0.29, 0.717) is 11.4 Å². The second-order valence-corrected chi connectivity index (χ2v) is 7.19. The second-order valence-electron chi connectivity index (χ2n) is 6.25. The number of rotatable bonds is 9. The third-order valence-corrected chi connectivity index (χ3v) is 5.13. The molecule has 0 atom stereocenters. The molecule has 6 nitrogen and oxygen atoms in total. The first-order valence-electron chi connectivity index (χ1n) is 9.23. The minimum absolute atomic E-state index is 0.106. The number of para-hydroxylation sites is 2. The molecule has 28 heavy (non-hydrogen) atoms. The van der Waals surface area contributed by atoms with Crippen LogP contribution in [0.3, 0.4) is 0 Å². The highest BCUT2D eigenvalue weighted by Gasteiger charge is 2.15. The minimum atomic E-state index is -0.106. The van der Waals surface area contributed by atoms with E-state index in [1.54, 1.807) is 7.11 Å². The molecule has 0 bridgehead atoms. The molecule has 0 aliphatic heterocycles. The minimum Gasteiger partial charge on any atom is -0.495 e. The summed E-state index contributed by atoms with van der Waals surface area (Å²) in [6.07, 6.45) is 1.70. The molecule has 7 heteroatoms. The van der Waals surface area contributed by atoms with Crippen LogP contribution in [0.5, 0.6) is 5.75 Å². The zero-order valence-corrected chi connectivity index (χ0v) is 16.9. The Bertz CT molecular complexity index is 912. The summed E-state index contributed by atoms with van der Waals surface area (Å²) in [6.45, 7) is 2.95. The van der Waals surface area contributed by atoms with Gasteiger partial charge in [0.2, 0.25) is 5.91 Å². The zero-order chi connectivity index (χ0) is 19.8. The highest BCUT2D eigenvalue weighted by atomic mass is 32.2. The quantitative estimate of drug-likeness (QED) is 0.553. The molecular formula is C21H24N4O2S. The van der Waals surface area contributed by atoms with Gasteiger partial charge >= 0.3 is 0 Å². The van der Waals surface area contributed by atoms with Crippen LogP contribution < -0.4 is 10.1 Å². The Kier molecular flexibility index (Phi) is 7.08. The summed E-state index contributed by atoms with van der Waals surface area (Å²) in [5.41, 5.74) is 1.85. The van der Waals surface area contributed by atoms with Gasteiger partial charge < -0.3 is 14.6 Å². The van der Waals surface area contributed by atoms with Crippen molar-refractivity contribution in [1.82, 2.24) is 14.8 Å². The number of methoxy groups -OCH3 is 1. The molecule has 1 amide bonds. The number of carbonyl (C=O) groups excluding carboxylic acids is 1. The molecule has 0 aliphatic carbocycles. The maximum absolute atomic E-state index is 12.4. The molecule has 0 aliphatic rings. The summed E-state index contributed by atoms with van der Waals surface area (Å²) in [7, 11) is 1.58. The lowest BCUT2D eigenvalue weighted by molar-refractivity contribution is -0.113. The fourth-order valence-electron chi connectivity index (χ4n) is 2.85. The molecule has 0 saturated heterocycles. The predicted octanol–water partition coefficient (Wildman–Crippen LogP) is 4.02. The van der Waals surface area contributed by atoms with E-state index < -0.39 is 0 Å². The molecule has 146 valence electrons. The third-order valence-electron chi connectivity index (χ3n) is 4.16. The Balaban J connectivity index is 1.65. The zero-order valence-electron chi connectivity index (χ0n) is 16.1. The fraction of sp³-hybridized carbons (Fsp3) is 0.286. The van der Waals surface area contributed by atoms with Gasteiger partial charge in [-0.25, -0.2) is 0 Å². The molecule has 0 unspecified atom stereocenters. The van der Waals surface area contributed by atoms with Crippen molar-refractivity contribution in [3.63, 3.8) is 0 Å². The molecule has 0 saturated carbocycles. The summed E-state index contributed by atoms with van der Waals surface area (Å²) in [4.78, 5) is 12.4. The van der Waals surface area contributed by atoms with E-state index in [0.717, 1.165) is 30.4 Å². The maximum Gasteiger partial charge on any atom is 0.234 e. The molecule has 1 aromatic heterocycles. The van der Waals surface area contributed by atoms with E-state index in [9.17, 15) is 4.79 Å². The van der Waals surface area contributed by atoms with Crippen LogP contribution in [0.15, 0.2) is 59.8 Å². The van der Waals surface area contributed by atoms with E-state index in [4.69, 9.17) is 4.74 Å². The van der Waals surface area contributed by atoms with E-state index >= 15 is 0 Å². The Hall–Kier alpha value is -2.80. The topological polar surface area (TPSA) is 69.0 Å². The standard InChI is InChI=1S/C21H24N4O2S/c1-3-13-25-19(14-16-9-5-4-6-10-16)23-24-21(25)28-15-20(26)22-17-11-7-8-12-18(17)27-2/h4-12H,3,13-15H2,1-2H3,(H,22,26). The number of nitrogens with zero attached hydrogens (tertiary/aromatic N) is 3. The van der Waals surface area contributed by atoms with Crippen molar-refractivity contribution in [2.24, 2.45) is 0 Å². The Labute approximate surface area is 169 Å². The number of thioether (sulfide) groups is 1.